The number of rotatable bonds is 9. The van der Waals surface area contributed by atoms with Crippen molar-refractivity contribution in [3.63, 3.8) is 0 Å². The first-order valence-corrected chi connectivity index (χ1v) is 10.8. The van der Waals surface area contributed by atoms with Crippen molar-refractivity contribution in [2.75, 3.05) is 28.4 Å². The Kier molecular flexibility index (Phi) is 7.32. The van der Waals surface area contributed by atoms with Gasteiger partial charge < -0.3 is 28.3 Å². The lowest BCUT2D eigenvalue weighted by Gasteiger charge is -2.12. The third kappa shape index (κ3) is 4.68. The van der Waals surface area contributed by atoms with Crippen LogP contribution >= 0.6 is 11.8 Å². The zero-order valence-electron chi connectivity index (χ0n) is 19.4. The predicted octanol–water partition coefficient (Wildman–Crippen LogP) is 3.86. The fraction of sp³-hybridized carbons (Fsp3) is 0.364. The highest BCUT2D eigenvalue weighted by Crippen LogP contribution is 2.41. The number of ketones is 1. The van der Waals surface area contributed by atoms with E-state index in [1.807, 2.05) is 0 Å². The van der Waals surface area contributed by atoms with Gasteiger partial charge in [0.15, 0.2) is 17.3 Å². The van der Waals surface area contributed by atoms with Crippen LogP contribution in [0.15, 0.2) is 21.8 Å². The van der Waals surface area contributed by atoms with Gasteiger partial charge in [-0.3, -0.25) is 4.79 Å². The van der Waals surface area contributed by atoms with Gasteiger partial charge in [-0.15, -0.1) is 10.2 Å². The molecule has 0 aliphatic rings. The number of H-pyrrole nitrogens is 1. The van der Waals surface area contributed by atoms with Crippen LogP contribution in [0.3, 0.4) is 0 Å². The molecule has 0 radical (unpaired) electrons. The van der Waals surface area contributed by atoms with E-state index in [2.05, 4.69) is 15.2 Å². The predicted molar refractivity (Wildman–Crippen MR) is 121 cm³/mol. The molecule has 1 atom stereocenters. The van der Waals surface area contributed by atoms with Crippen LogP contribution in [0, 0.1) is 13.8 Å². The number of aromatic amines is 1. The summed E-state index contributed by atoms with van der Waals surface area (Å²) in [7, 11) is 5.84. The van der Waals surface area contributed by atoms with E-state index in [4.69, 9.17) is 23.4 Å². The fourth-order valence-corrected chi connectivity index (χ4v) is 4.13. The Balaban J connectivity index is 1.83. The summed E-state index contributed by atoms with van der Waals surface area (Å²) in [4.78, 5) is 28.0. The lowest BCUT2D eigenvalue weighted by molar-refractivity contribution is 0.0599. The zero-order chi connectivity index (χ0) is 24.3. The second-order valence-electron chi connectivity index (χ2n) is 7.03. The average Bonchev–Trinajstić information content (AvgIpc) is 3.40. The number of hydrogen-bond acceptors (Lipinski definition) is 10. The van der Waals surface area contributed by atoms with Gasteiger partial charge in [0, 0.05) is 11.3 Å². The minimum absolute atomic E-state index is 0.205. The van der Waals surface area contributed by atoms with Crippen molar-refractivity contribution in [2.24, 2.45) is 0 Å². The molecule has 2 heterocycles. The van der Waals surface area contributed by atoms with Gasteiger partial charge in [0.2, 0.25) is 11.6 Å². The average molecular weight is 476 g/mol. The van der Waals surface area contributed by atoms with Gasteiger partial charge in [0.1, 0.15) is 0 Å². The number of hydrogen-bond donors (Lipinski definition) is 1. The second-order valence-corrected chi connectivity index (χ2v) is 8.32. The Hall–Kier alpha value is -3.47. The maximum absolute atomic E-state index is 13.0. The van der Waals surface area contributed by atoms with E-state index in [0.29, 0.717) is 45.3 Å². The van der Waals surface area contributed by atoms with Crippen LogP contribution in [0.1, 0.15) is 39.0 Å². The molecule has 176 valence electrons. The van der Waals surface area contributed by atoms with E-state index in [9.17, 15) is 9.59 Å². The van der Waals surface area contributed by atoms with Crippen molar-refractivity contribution in [1.29, 1.82) is 0 Å². The molecule has 0 spiro atoms. The molecule has 0 unspecified atom stereocenters. The monoisotopic (exact) mass is 475 g/mol. The van der Waals surface area contributed by atoms with Gasteiger partial charge in [0.25, 0.3) is 5.22 Å². The molecule has 0 saturated heterocycles. The van der Waals surface area contributed by atoms with Gasteiger partial charge in [-0.25, -0.2) is 4.79 Å². The number of ether oxygens (including phenoxy) is 4. The summed E-state index contributed by atoms with van der Waals surface area (Å²) >= 11 is 1.11. The standard InChI is InChI=1S/C22H25N3O7S/c1-10-16(21(27)31-7)11(2)23-17(10)18(26)12(3)33-22-25-24-20(32-22)13-8-14(28-4)19(30-6)15(9-13)29-5/h8-9,12,23H,1-7H3/t12-/m1/s1. The van der Waals surface area contributed by atoms with Gasteiger partial charge in [-0.05, 0) is 38.5 Å². The summed E-state index contributed by atoms with van der Waals surface area (Å²) in [5.74, 6) is 0.871. The molecule has 0 saturated carbocycles. The molecule has 10 nitrogen and oxygen atoms in total. The van der Waals surface area contributed by atoms with E-state index in [1.165, 1.54) is 28.4 Å². The third-order valence-electron chi connectivity index (χ3n) is 5.04. The Labute approximate surface area is 195 Å². The van der Waals surface area contributed by atoms with Crippen molar-refractivity contribution in [3.05, 3.63) is 34.6 Å². The molecule has 0 aliphatic carbocycles. The minimum atomic E-state index is -0.555. The number of nitrogens with one attached hydrogen (secondary N) is 1. The first-order valence-electron chi connectivity index (χ1n) is 9.87. The van der Waals surface area contributed by atoms with Gasteiger partial charge in [0.05, 0.1) is 44.9 Å². The zero-order valence-corrected chi connectivity index (χ0v) is 20.2. The number of esters is 1. The molecule has 3 aromatic rings. The van der Waals surface area contributed by atoms with Crippen LogP contribution in [0.5, 0.6) is 17.2 Å². The quantitative estimate of drug-likeness (QED) is 0.277. The molecular weight excluding hydrogens is 450 g/mol. The smallest absolute Gasteiger partial charge is 0.339 e. The van der Waals surface area contributed by atoms with Crippen LogP contribution in [0.4, 0.5) is 0 Å². The normalized spacial score (nSPS) is 11.7. The number of thioether (sulfide) groups is 1. The van der Waals surface area contributed by atoms with Crippen LogP contribution in [-0.2, 0) is 4.74 Å². The number of carbonyl (C=O) groups is 2. The van der Waals surface area contributed by atoms with E-state index < -0.39 is 11.2 Å². The molecule has 33 heavy (non-hydrogen) atoms. The molecule has 1 aromatic carbocycles. The van der Waals surface area contributed by atoms with Gasteiger partial charge >= 0.3 is 5.97 Å². The first-order chi connectivity index (χ1) is 15.7. The largest absolute Gasteiger partial charge is 0.493 e. The number of nitrogens with zero attached hydrogens (tertiary/aromatic N) is 2. The van der Waals surface area contributed by atoms with Crippen LogP contribution in [0.25, 0.3) is 11.5 Å². The van der Waals surface area contributed by atoms with Crippen molar-refractivity contribution in [1.82, 2.24) is 15.2 Å². The molecule has 3 rings (SSSR count). The van der Waals surface area contributed by atoms with Crippen molar-refractivity contribution >= 4 is 23.5 Å². The van der Waals surface area contributed by atoms with E-state index in [1.54, 1.807) is 32.9 Å². The molecule has 2 aromatic heterocycles. The first kappa shape index (κ1) is 24.2. The number of benzene rings is 1. The van der Waals surface area contributed by atoms with Crippen molar-refractivity contribution < 1.29 is 33.0 Å². The summed E-state index contributed by atoms with van der Waals surface area (Å²) in [5, 5.41) is 7.79. The lowest BCUT2D eigenvalue weighted by Crippen LogP contribution is -2.15. The number of aromatic nitrogens is 3. The number of aryl methyl sites for hydroxylation is 1. The number of methoxy groups -OCH3 is 4. The highest BCUT2D eigenvalue weighted by Gasteiger charge is 2.27. The molecule has 0 bridgehead atoms. The Morgan fingerprint density at radius 1 is 1.03 bits per heavy atom. The Morgan fingerprint density at radius 2 is 1.67 bits per heavy atom. The highest BCUT2D eigenvalue weighted by molar-refractivity contribution is 8.00. The van der Waals surface area contributed by atoms with Gasteiger partial charge in [-0.1, -0.05) is 11.8 Å². The molecule has 0 aliphatic heterocycles. The van der Waals surface area contributed by atoms with E-state index >= 15 is 0 Å². The maximum Gasteiger partial charge on any atom is 0.339 e. The maximum atomic E-state index is 13.0. The summed E-state index contributed by atoms with van der Waals surface area (Å²) < 4.78 is 26.6. The fourth-order valence-electron chi connectivity index (χ4n) is 3.39. The van der Waals surface area contributed by atoms with Crippen LogP contribution < -0.4 is 14.2 Å². The molecular formula is C22H25N3O7S. The molecule has 0 amide bonds. The molecule has 11 heteroatoms. The molecule has 1 N–H and O–H groups in total. The highest BCUT2D eigenvalue weighted by atomic mass is 32.2. The summed E-state index contributed by atoms with van der Waals surface area (Å²) in [5.41, 5.74) is 2.39. The summed E-state index contributed by atoms with van der Waals surface area (Å²) in [6, 6.07) is 3.38. The second kappa shape index (κ2) is 9.99. The van der Waals surface area contributed by atoms with E-state index in [-0.39, 0.29) is 16.9 Å². The minimum Gasteiger partial charge on any atom is -0.493 e. The summed E-state index contributed by atoms with van der Waals surface area (Å²) in [6.07, 6.45) is 0. The van der Waals surface area contributed by atoms with Crippen molar-refractivity contribution in [3.8, 4) is 28.7 Å². The van der Waals surface area contributed by atoms with E-state index in [0.717, 1.165) is 11.8 Å². The number of carbonyl (C=O) groups excluding carboxylic acids is 2. The van der Waals surface area contributed by atoms with Crippen molar-refractivity contribution in [2.45, 2.75) is 31.2 Å². The topological polar surface area (TPSA) is 126 Å². The Bertz CT molecular complexity index is 1160. The summed E-state index contributed by atoms with van der Waals surface area (Å²) in [6.45, 7) is 5.15. The van der Waals surface area contributed by atoms with Gasteiger partial charge in [-0.2, -0.15) is 0 Å². The number of Topliss-reactive ketones (excluding diaryl/α,β-unsaturated/α-hetero) is 1. The SMILES string of the molecule is COC(=O)c1c(C)[nH]c(C(=O)[C@@H](C)Sc2nnc(-c3cc(OC)c(OC)c(OC)c3)o2)c1C. The Morgan fingerprint density at radius 3 is 2.21 bits per heavy atom. The molecule has 0 fully saturated rings. The van der Waals surface area contributed by atoms with Crippen LogP contribution in [0.2, 0.25) is 0 Å². The third-order valence-corrected chi connectivity index (χ3v) is 5.97. The van der Waals surface area contributed by atoms with Crippen LogP contribution in [-0.4, -0.2) is 60.6 Å². The lowest BCUT2D eigenvalue weighted by atomic mass is 10.1.